The topological polar surface area (TPSA) is 41.1 Å². The Morgan fingerprint density at radius 2 is 2.35 bits per heavy atom. The van der Waals surface area contributed by atoms with Crippen LogP contribution in [0.2, 0.25) is 5.02 Å². The maximum Gasteiger partial charge on any atom is 0.254 e. The third-order valence-electron chi connectivity index (χ3n) is 2.65. The lowest BCUT2D eigenvalue weighted by atomic mass is 10.1. The molecule has 1 aromatic carbocycles. The summed E-state index contributed by atoms with van der Waals surface area (Å²) < 4.78 is 14.0. The molecule has 92 valence electrons. The van der Waals surface area contributed by atoms with Crippen molar-refractivity contribution in [2.75, 3.05) is 13.1 Å². The lowest BCUT2D eigenvalue weighted by molar-refractivity contribution is 0.0936. The summed E-state index contributed by atoms with van der Waals surface area (Å²) >= 11 is 8.94. The molecule has 0 spiro atoms. The average Bonchev–Trinajstić information content (AvgIpc) is 2.76. The van der Waals surface area contributed by atoms with Crippen molar-refractivity contribution in [3.63, 3.8) is 0 Å². The first-order chi connectivity index (χ1) is 8.08. The second-order valence-electron chi connectivity index (χ2n) is 3.91. The quantitative estimate of drug-likeness (QED) is 0.821. The highest BCUT2D eigenvalue weighted by atomic mass is 79.9. The Bertz CT molecular complexity index is 449. The smallest absolute Gasteiger partial charge is 0.254 e. The molecule has 0 radical (unpaired) electrons. The minimum Gasteiger partial charge on any atom is -0.348 e. The van der Waals surface area contributed by atoms with Gasteiger partial charge in [0, 0.05) is 17.1 Å². The molecule has 2 rings (SSSR count). The van der Waals surface area contributed by atoms with Crippen LogP contribution in [-0.2, 0) is 0 Å². The first-order valence-electron chi connectivity index (χ1n) is 5.24. The maximum absolute atomic E-state index is 13.6. The predicted molar refractivity (Wildman–Crippen MR) is 67.9 cm³/mol. The third-order valence-corrected chi connectivity index (χ3v) is 3.85. The van der Waals surface area contributed by atoms with Gasteiger partial charge in [-0.1, -0.05) is 11.6 Å². The number of carbonyl (C=O) groups is 1. The lowest BCUT2D eigenvalue weighted by Crippen LogP contribution is -2.36. The number of carbonyl (C=O) groups excluding carboxylic acids is 1. The standard InChI is InChI=1S/C11H11BrClFN2O/c12-8-4-10(14)7(3-9(8)13)11(17)16-6-1-2-15-5-6/h3-4,6,15H,1-2,5H2,(H,16,17)/t6-/m1/s1. The fourth-order valence-corrected chi connectivity index (χ4v) is 2.22. The first-order valence-corrected chi connectivity index (χ1v) is 6.41. The van der Waals surface area contributed by atoms with Crippen LogP contribution < -0.4 is 10.6 Å². The Balaban J connectivity index is 2.15. The molecule has 0 unspecified atom stereocenters. The fraction of sp³-hybridized carbons (Fsp3) is 0.364. The SMILES string of the molecule is O=C(N[C@@H]1CCNC1)c1cc(Cl)c(Br)cc1F. The van der Waals surface area contributed by atoms with Crippen molar-refractivity contribution < 1.29 is 9.18 Å². The minimum absolute atomic E-state index is 0.0231. The molecule has 1 aliphatic rings. The molecule has 3 nitrogen and oxygen atoms in total. The van der Waals surface area contributed by atoms with Crippen LogP contribution in [0.4, 0.5) is 4.39 Å². The molecule has 1 atom stereocenters. The van der Waals surface area contributed by atoms with Crippen molar-refractivity contribution in [2.45, 2.75) is 12.5 Å². The lowest BCUT2D eigenvalue weighted by Gasteiger charge is -2.12. The van der Waals surface area contributed by atoms with Crippen molar-refractivity contribution >= 4 is 33.4 Å². The van der Waals surface area contributed by atoms with E-state index in [-0.39, 0.29) is 11.6 Å². The molecule has 1 fully saturated rings. The third kappa shape index (κ3) is 2.97. The van der Waals surface area contributed by atoms with E-state index in [1.54, 1.807) is 0 Å². The molecule has 0 aromatic heterocycles. The summed E-state index contributed by atoms with van der Waals surface area (Å²) in [6, 6.07) is 2.59. The van der Waals surface area contributed by atoms with Crippen LogP contribution in [0.3, 0.4) is 0 Å². The summed E-state index contributed by atoms with van der Waals surface area (Å²) in [6.45, 7) is 1.59. The van der Waals surface area contributed by atoms with Gasteiger partial charge in [-0.15, -0.1) is 0 Å². The van der Waals surface area contributed by atoms with E-state index < -0.39 is 11.7 Å². The molecule has 0 aliphatic carbocycles. The Kier molecular flexibility index (Phi) is 4.01. The van der Waals surface area contributed by atoms with Gasteiger partial charge >= 0.3 is 0 Å². The van der Waals surface area contributed by atoms with E-state index in [2.05, 4.69) is 26.6 Å². The van der Waals surface area contributed by atoms with E-state index in [1.807, 2.05) is 0 Å². The molecular weight excluding hydrogens is 310 g/mol. The highest BCUT2D eigenvalue weighted by Crippen LogP contribution is 2.25. The van der Waals surface area contributed by atoms with Crippen LogP contribution >= 0.6 is 27.5 Å². The summed E-state index contributed by atoms with van der Waals surface area (Å²) in [5, 5.41) is 6.21. The number of hydrogen-bond acceptors (Lipinski definition) is 2. The highest BCUT2D eigenvalue weighted by Gasteiger charge is 2.20. The van der Waals surface area contributed by atoms with Crippen molar-refractivity contribution in [3.05, 3.63) is 33.0 Å². The van der Waals surface area contributed by atoms with Crippen LogP contribution in [0, 0.1) is 5.82 Å². The number of halogens is 3. The Morgan fingerprint density at radius 3 is 3.00 bits per heavy atom. The summed E-state index contributed by atoms with van der Waals surface area (Å²) in [5.41, 5.74) is -0.0231. The van der Waals surface area contributed by atoms with Crippen LogP contribution in [0.15, 0.2) is 16.6 Å². The van der Waals surface area contributed by atoms with Gasteiger partial charge in [0.15, 0.2) is 0 Å². The van der Waals surface area contributed by atoms with Crippen LogP contribution in [0.1, 0.15) is 16.8 Å². The van der Waals surface area contributed by atoms with Crippen molar-refractivity contribution in [3.8, 4) is 0 Å². The molecule has 6 heteroatoms. The molecular formula is C11H11BrClFN2O. The number of amides is 1. The van der Waals surface area contributed by atoms with Crippen LogP contribution in [0.25, 0.3) is 0 Å². The van der Waals surface area contributed by atoms with E-state index in [0.717, 1.165) is 19.5 Å². The highest BCUT2D eigenvalue weighted by molar-refractivity contribution is 9.10. The van der Waals surface area contributed by atoms with Gasteiger partial charge < -0.3 is 10.6 Å². The van der Waals surface area contributed by atoms with Gasteiger partial charge in [0.05, 0.1) is 10.6 Å². The van der Waals surface area contributed by atoms with Gasteiger partial charge in [0.25, 0.3) is 5.91 Å². The Labute approximate surface area is 112 Å². The van der Waals surface area contributed by atoms with Gasteiger partial charge in [0.2, 0.25) is 0 Å². The summed E-state index contributed by atoms with van der Waals surface area (Å²) in [5.74, 6) is -1.00. The second-order valence-corrected chi connectivity index (χ2v) is 5.17. The molecule has 2 N–H and O–H groups in total. The molecule has 17 heavy (non-hydrogen) atoms. The fourth-order valence-electron chi connectivity index (χ4n) is 1.74. The Hall–Kier alpha value is -0.650. The molecule has 1 amide bonds. The number of hydrogen-bond donors (Lipinski definition) is 2. The van der Waals surface area contributed by atoms with E-state index in [9.17, 15) is 9.18 Å². The molecule has 1 saturated heterocycles. The van der Waals surface area contributed by atoms with Gasteiger partial charge in [-0.05, 0) is 41.0 Å². The molecule has 1 aliphatic heterocycles. The zero-order chi connectivity index (χ0) is 12.4. The Morgan fingerprint density at radius 1 is 1.59 bits per heavy atom. The van der Waals surface area contributed by atoms with Crippen LogP contribution in [0.5, 0.6) is 0 Å². The summed E-state index contributed by atoms with van der Waals surface area (Å²) in [6.07, 6.45) is 0.859. The monoisotopic (exact) mass is 320 g/mol. The molecule has 1 heterocycles. The minimum atomic E-state index is -0.579. The van der Waals surface area contributed by atoms with Gasteiger partial charge in [-0.2, -0.15) is 0 Å². The zero-order valence-corrected chi connectivity index (χ0v) is 11.2. The van der Waals surface area contributed by atoms with E-state index in [1.165, 1.54) is 12.1 Å². The molecule has 0 saturated carbocycles. The normalized spacial score (nSPS) is 19.4. The van der Waals surface area contributed by atoms with E-state index in [0.29, 0.717) is 9.50 Å². The largest absolute Gasteiger partial charge is 0.348 e. The number of rotatable bonds is 2. The van der Waals surface area contributed by atoms with Crippen LogP contribution in [-0.4, -0.2) is 25.0 Å². The van der Waals surface area contributed by atoms with Gasteiger partial charge in [-0.25, -0.2) is 4.39 Å². The molecule has 1 aromatic rings. The van der Waals surface area contributed by atoms with Gasteiger partial charge in [-0.3, -0.25) is 4.79 Å². The van der Waals surface area contributed by atoms with Gasteiger partial charge in [0.1, 0.15) is 5.82 Å². The van der Waals surface area contributed by atoms with Crippen molar-refractivity contribution in [1.29, 1.82) is 0 Å². The first kappa shape index (κ1) is 12.8. The van der Waals surface area contributed by atoms with Crippen molar-refractivity contribution in [1.82, 2.24) is 10.6 Å². The summed E-state index contributed by atoms with van der Waals surface area (Å²) in [7, 11) is 0. The molecule has 0 bridgehead atoms. The predicted octanol–water partition coefficient (Wildman–Crippen LogP) is 2.33. The van der Waals surface area contributed by atoms with E-state index >= 15 is 0 Å². The number of benzene rings is 1. The van der Waals surface area contributed by atoms with E-state index in [4.69, 9.17) is 11.6 Å². The van der Waals surface area contributed by atoms with Crippen molar-refractivity contribution in [2.24, 2.45) is 0 Å². The number of nitrogens with one attached hydrogen (secondary N) is 2. The average molecular weight is 322 g/mol. The zero-order valence-electron chi connectivity index (χ0n) is 8.90. The maximum atomic E-state index is 13.6. The summed E-state index contributed by atoms with van der Waals surface area (Å²) in [4.78, 5) is 11.8. The second kappa shape index (κ2) is 5.33.